The summed E-state index contributed by atoms with van der Waals surface area (Å²) < 4.78 is 10.4. The Labute approximate surface area is 120 Å². The van der Waals surface area contributed by atoms with Crippen LogP contribution >= 0.6 is 0 Å². The Kier molecular flexibility index (Phi) is 7.17. The zero-order valence-electron chi connectivity index (χ0n) is 12.3. The van der Waals surface area contributed by atoms with Crippen molar-refractivity contribution in [1.29, 1.82) is 0 Å². The van der Waals surface area contributed by atoms with Gasteiger partial charge >= 0.3 is 0 Å². The summed E-state index contributed by atoms with van der Waals surface area (Å²) in [6, 6.07) is 7.05. The highest BCUT2D eigenvalue weighted by molar-refractivity contribution is 5.78. The molecule has 0 saturated heterocycles. The maximum absolute atomic E-state index is 11.5. The number of benzene rings is 1. The SMILES string of the molecule is CCC(/C=N/NC(=O)COc1ccc(OC)cc1)CC. The smallest absolute Gasteiger partial charge is 0.277 e. The van der Waals surface area contributed by atoms with E-state index in [1.807, 2.05) is 0 Å². The van der Waals surface area contributed by atoms with Crippen LogP contribution in [0.5, 0.6) is 11.5 Å². The van der Waals surface area contributed by atoms with Crippen molar-refractivity contribution in [3.63, 3.8) is 0 Å². The molecule has 1 N–H and O–H groups in total. The van der Waals surface area contributed by atoms with Gasteiger partial charge in [0.1, 0.15) is 11.5 Å². The Morgan fingerprint density at radius 1 is 1.25 bits per heavy atom. The standard InChI is InChI=1S/C15H22N2O3/c1-4-12(5-2)10-16-17-15(18)11-20-14-8-6-13(19-3)7-9-14/h6-10,12H,4-5,11H2,1-3H3,(H,17,18)/b16-10+. The highest BCUT2D eigenvalue weighted by Gasteiger charge is 2.02. The van der Waals surface area contributed by atoms with Crippen LogP contribution in [0.25, 0.3) is 0 Å². The molecule has 110 valence electrons. The molecule has 0 aliphatic rings. The Hall–Kier alpha value is -2.04. The van der Waals surface area contributed by atoms with Crippen LogP contribution < -0.4 is 14.9 Å². The monoisotopic (exact) mass is 278 g/mol. The minimum absolute atomic E-state index is 0.0629. The fourth-order valence-corrected chi connectivity index (χ4v) is 1.57. The van der Waals surface area contributed by atoms with Gasteiger partial charge in [-0.1, -0.05) is 13.8 Å². The van der Waals surface area contributed by atoms with E-state index in [9.17, 15) is 4.79 Å². The fourth-order valence-electron chi connectivity index (χ4n) is 1.57. The first-order valence-corrected chi connectivity index (χ1v) is 6.78. The summed E-state index contributed by atoms with van der Waals surface area (Å²) >= 11 is 0. The van der Waals surface area contributed by atoms with Crippen molar-refractivity contribution >= 4 is 12.1 Å². The number of carbonyl (C=O) groups is 1. The van der Waals surface area contributed by atoms with E-state index in [1.54, 1.807) is 37.6 Å². The van der Waals surface area contributed by atoms with Crippen LogP contribution in [0.3, 0.4) is 0 Å². The Bertz CT molecular complexity index is 425. The van der Waals surface area contributed by atoms with Gasteiger partial charge in [0.2, 0.25) is 0 Å². The van der Waals surface area contributed by atoms with Crippen molar-refractivity contribution in [2.45, 2.75) is 26.7 Å². The van der Waals surface area contributed by atoms with Crippen molar-refractivity contribution in [2.24, 2.45) is 11.0 Å². The molecule has 5 heteroatoms. The number of ether oxygens (including phenoxy) is 2. The maximum Gasteiger partial charge on any atom is 0.277 e. The topological polar surface area (TPSA) is 59.9 Å². The average molecular weight is 278 g/mol. The lowest BCUT2D eigenvalue weighted by molar-refractivity contribution is -0.123. The van der Waals surface area contributed by atoms with E-state index in [0.717, 1.165) is 18.6 Å². The summed E-state index contributed by atoms with van der Waals surface area (Å²) in [7, 11) is 1.60. The van der Waals surface area contributed by atoms with Crippen molar-refractivity contribution in [1.82, 2.24) is 5.43 Å². The number of nitrogens with one attached hydrogen (secondary N) is 1. The zero-order valence-corrected chi connectivity index (χ0v) is 12.3. The first-order valence-electron chi connectivity index (χ1n) is 6.78. The lowest BCUT2D eigenvalue weighted by atomic mass is 10.1. The van der Waals surface area contributed by atoms with Gasteiger partial charge in [0.15, 0.2) is 6.61 Å². The lowest BCUT2D eigenvalue weighted by Gasteiger charge is -2.07. The van der Waals surface area contributed by atoms with E-state index in [0.29, 0.717) is 11.7 Å². The molecule has 5 nitrogen and oxygen atoms in total. The molecule has 0 heterocycles. The second-order valence-corrected chi connectivity index (χ2v) is 4.35. The largest absolute Gasteiger partial charge is 0.497 e. The molecule has 0 spiro atoms. The van der Waals surface area contributed by atoms with Crippen molar-refractivity contribution in [3.8, 4) is 11.5 Å². The van der Waals surface area contributed by atoms with Gasteiger partial charge in [0, 0.05) is 6.21 Å². The minimum atomic E-state index is -0.275. The van der Waals surface area contributed by atoms with Gasteiger partial charge in [-0.15, -0.1) is 0 Å². The molecule has 1 aromatic carbocycles. The number of rotatable bonds is 8. The predicted molar refractivity (Wildman–Crippen MR) is 79.2 cm³/mol. The van der Waals surface area contributed by atoms with E-state index in [-0.39, 0.29) is 12.5 Å². The van der Waals surface area contributed by atoms with E-state index in [4.69, 9.17) is 9.47 Å². The van der Waals surface area contributed by atoms with E-state index in [2.05, 4.69) is 24.4 Å². The molecule has 0 aliphatic carbocycles. The van der Waals surface area contributed by atoms with Gasteiger partial charge < -0.3 is 9.47 Å². The number of hydrogen-bond donors (Lipinski definition) is 1. The van der Waals surface area contributed by atoms with Gasteiger partial charge in [-0.2, -0.15) is 5.10 Å². The number of hydrazone groups is 1. The Morgan fingerprint density at radius 2 is 1.85 bits per heavy atom. The first-order chi connectivity index (χ1) is 9.69. The van der Waals surface area contributed by atoms with E-state index >= 15 is 0 Å². The van der Waals surface area contributed by atoms with Crippen LogP contribution in [0.4, 0.5) is 0 Å². The first kappa shape index (κ1) is 16.0. The molecule has 20 heavy (non-hydrogen) atoms. The Morgan fingerprint density at radius 3 is 2.40 bits per heavy atom. The lowest BCUT2D eigenvalue weighted by Crippen LogP contribution is -2.25. The highest BCUT2D eigenvalue weighted by atomic mass is 16.5. The van der Waals surface area contributed by atoms with Gasteiger partial charge in [0.25, 0.3) is 5.91 Å². The molecule has 0 atom stereocenters. The predicted octanol–water partition coefficient (Wildman–Crippen LogP) is 2.61. The molecule has 1 amide bonds. The van der Waals surface area contributed by atoms with Crippen LogP contribution in [0.15, 0.2) is 29.4 Å². The molecule has 0 bridgehead atoms. The summed E-state index contributed by atoms with van der Waals surface area (Å²) in [6.45, 7) is 4.12. The zero-order chi connectivity index (χ0) is 14.8. The van der Waals surface area contributed by atoms with Gasteiger partial charge in [-0.25, -0.2) is 5.43 Å². The van der Waals surface area contributed by atoms with Crippen LogP contribution in [0, 0.1) is 5.92 Å². The van der Waals surface area contributed by atoms with Gasteiger partial charge in [-0.3, -0.25) is 4.79 Å². The number of hydrogen-bond acceptors (Lipinski definition) is 4. The van der Waals surface area contributed by atoms with Crippen LogP contribution in [-0.4, -0.2) is 25.8 Å². The molecule has 0 aromatic heterocycles. The third kappa shape index (κ3) is 5.73. The van der Waals surface area contributed by atoms with E-state index in [1.165, 1.54) is 0 Å². The van der Waals surface area contributed by atoms with Crippen molar-refractivity contribution in [2.75, 3.05) is 13.7 Å². The van der Waals surface area contributed by atoms with Crippen LogP contribution in [0.1, 0.15) is 26.7 Å². The maximum atomic E-state index is 11.5. The molecule has 0 radical (unpaired) electrons. The summed E-state index contributed by atoms with van der Waals surface area (Å²) in [5.74, 6) is 1.49. The second-order valence-electron chi connectivity index (χ2n) is 4.35. The third-order valence-electron chi connectivity index (χ3n) is 2.95. The van der Waals surface area contributed by atoms with Crippen LogP contribution in [0.2, 0.25) is 0 Å². The summed E-state index contributed by atoms with van der Waals surface area (Å²) in [5, 5.41) is 3.93. The Balaban J connectivity index is 2.32. The molecule has 0 fully saturated rings. The molecule has 0 aliphatic heterocycles. The summed E-state index contributed by atoms with van der Waals surface area (Å²) in [4.78, 5) is 11.5. The minimum Gasteiger partial charge on any atom is -0.497 e. The van der Waals surface area contributed by atoms with Gasteiger partial charge in [-0.05, 0) is 43.0 Å². The van der Waals surface area contributed by atoms with Gasteiger partial charge in [0.05, 0.1) is 7.11 Å². The van der Waals surface area contributed by atoms with E-state index < -0.39 is 0 Å². The molecule has 1 aromatic rings. The molecule has 0 unspecified atom stereocenters. The van der Waals surface area contributed by atoms with Crippen molar-refractivity contribution < 1.29 is 14.3 Å². The highest BCUT2D eigenvalue weighted by Crippen LogP contribution is 2.16. The second kappa shape index (κ2) is 8.96. The molecular weight excluding hydrogens is 256 g/mol. The number of amides is 1. The fraction of sp³-hybridized carbons (Fsp3) is 0.467. The third-order valence-corrected chi connectivity index (χ3v) is 2.95. The normalized spacial score (nSPS) is 10.8. The molecule has 0 saturated carbocycles. The number of methoxy groups -OCH3 is 1. The number of carbonyl (C=O) groups excluding carboxylic acids is 1. The average Bonchev–Trinajstić information content (AvgIpc) is 2.50. The summed E-state index contributed by atoms with van der Waals surface area (Å²) in [6.07, 6.45) is 3.79. The quantitative estimate of drug-likeness (QED) is 0.587. The number of nitrogens with zero attached hydrogens (tertiary/aromatic N) is 1. The van der Waals surface area contributed by atoms with Crippen LogP contribution in [-0.2, 0) is 4.79 Å². The summed E-state index contributed by atoms with van der Waals surface area (Å²) in [5.41, 5.74) is 2.46. The molecule has 1 rings (SSSR count). The molecular formula is C15H22N2O3. The van der Waals surface area contributed by atoms with Crippen molar-refractivity contribution in [3.05, 3.63) is 24.3 Å².